The summed E-state index contributed by atoms with van der Waals surface area (Å²) in [6, 6.07) is 7.15. The second-order valence-corrected chi connectivity index (χ2v) is 6.56. The van der Waals surface area contributed by atoms with Crippen molar-refractivity contribution in [1.82, 2.24) is 14.7 Å². The molecule has 1 aromatic carbocycles. The van der Waals surface area contributed by atoms with Crippen LogP contribution in [0, 0.1) is 6.92 Å². The smallest absolute Gasteiger partial charge is 0.244 e. The molecule has 1 saturated heterocycles. The summed E-state index contributed by atoms with van der Waals surface area (Å²) in [5.41, 5.74) is 8.14. The van der Waals surface area contributed by atoms with Gasteiger partial charge in [-0.1, -0.05) is 29.8 Å². The molecule has 0 aromatic heterocycles. The molecule has 1 unspecified atom stereocenters. The van der Waals surface area contributed by atoms with E-state index in [0.717, 1.165) is 24.2 Å². The standard InChI is InChI=1S/C19H30N4O2.2ClH/c1-4-22(5-2)17(24)14-21-10-12-23(13-11-21)19(25)18(20)16-8-6-15(3)7-9-16;;/h6-9,18H,4-5,10-14,20H2,1-3H3;2*1H. The SMILES string of the molecule is CCN(CC)C(=O)CN1CCN(C(=O)C(N)c2ccc(C)cc2)CC1.Cl.Cl. The van der Waals surface area contributed by atoms with Gasteiger partial charge in [0.15, 0.2) is 0 Å². The van der Waals surface area contributed by atoms with E-state index in [1.807, 2.05) is 54.8 Å². The van der Waals surface area contributed by atoms with Crippen molar-refractivity contribution in [1.29, 1.82) is 0 Å². The lowest BCUT2D eigenvalue weighted by molar-refractivity contribution is -0.136. The van der Waals surface area contributed by atoms with Gasteiger partial charge >= 0.3 is 0 Å². The van der Waals surface area contributed by atoms with Gasteiger partial charge in [0.1, 0.15) is 6.04 Å². The summed E-state index contributed by atoms with van der Waals surface area (Å²) in [6.45, 7) is 10.5. The third kappa shape index (κ3) is 6.96. The molecule has 2 rings (SSSR count). The molecule has 27 heavy (non-hydrogen) atoms. The maximum absolute atomic E-state index is 12.6. The van der Waals surface area contributed by atoms with E-state index < -0.39 is 6.04 Å². The van der Waals surface area contributed by atoms with Crippen LogP contribution in [0.15, 0.2) is 24.3 Å². The molecule has 0 aliphatic carbocycles. The van der Waals surface area contributed by atoms with E-state index in [9.17, 15) is 9.59 Å². The number of rotatable bonds is 6. The van der Waals surface area contributed by atoms with Gasteiger partial charge in [0, 0.05) is 39.3 Å². The quantitative estimate of drug-likeness (QED) is 0.764. The van der Waals surface area contributed by atoms with E-state index >= 15 is 0 Å². The molecule has 0 spiro atoms. The second-order valence-electron chi connectivity index (χ2n) is 6.56. The monoisotopic (exact) mass is 418 g/mol. The van der Waals surface area contributed by atoms with Gasteiger partial charge in [0.25, 0.3) is 0 Å². The van der Waals surface area contributed by atoms with Crippen LogP contribution in [0.25, 0.3) is 0 Å². The molecule has 1 fully saturated rings. The second kappa shape index (κ2) is 12.2. The van der Waals surface area contributed by atoms with Crippen LogP contribution in [0.4, 0.5) is 0 Å². The zero-order valence-corrected chi connectivity index (χ0v) is 18.0. The van der Waals surface area contributed by atoms with Crippen molar-refractivity contribution in [3.05, 3.63) is 35.4 Å². The third-order valence-electron chi connectivity index (χ3n) is 4.86. The highest BCUT2D eigenvalue weighted by Gasteiger charge is 2.27. The molecule has 8 heteroatoms. The fourth-order valence-electron chi connectivity index (χ4n) is 3.11. The summed E-state index contributed by atoms with van der Waals surface area (Å²) in [4.78, 5) is 30.6. The van der Waals surface area contributed by atoms with Crippen molar-refractivity contribution in [2.75, 3.05) is 45.8 Å². The van der Waals surface area contributed by atoms with E-state index in [-0.39, 0.29) is 36.6 Å². The zero-order valence-electron chi connectivity index (χ0n) is 16.4. The van der Waals surface area contributed by atoms with Crippen LogP contribution in [0.1, 0.15) is 31.0 Å². The number of nitrogens with zero attached hydrogens (tertiary/aromatic N) is 3. The van der Waals surface area contributed by atoms with Gasteiger partial charge in [-0.15, -0.1) is 24.8 Å². The number of amides is 2. The highest BCUT2D eigenvalue weighted by molar-refractivity contribution is 5.85. The Bertz CT molecular complexity index is 586. The number of carbonyl (C=O) groups excluding carboxylic acids is 2. The molecular formula is C19H32Cl2N4O2. The van der Waals surface area contributed by atoms with E-state index in [2.05, 4.69) is 4.90 Å². The Kier molecular flexibility index (Phi) is 11.6. The minimum atomic E-state index is -0.621. The molecular weight excluding hydrogens is 387 g/mol. The number of halogens is 2. The number of nitrogens with two attached hydrogens (primary N) is 1. The van der Waals surface area contributed by atoms with Gasteiger partial charge in [0.2, 0.25) is 11.8 Å². The van der Waals surface area contributed by atoms with E-state index in [0.29, 0.717) is 32.7 Å². The molecule has 2 amide bonds. The zero-order chi connectivity index (χ0) is 18.4. The van der Waals surface area contributed by atoms with Gasteiger partial charge in [-0.2, -0.15) is 0 Å². The number of benzene rings is 1. The normalized spacial score (nSPS) is 15.3. The predicted octanol–water partition coefficient (Wildman–Crippen LogP) is 1.85. The van der Waals surface area contributed by atoms with Crippen LogP contribution in [-0.4, -0.2) is 72.3 Å². The Hall–Kier alpha value is -1.34. The van der Waals surface area contributed by atoms with Crippen LogP contribution in [0.2, 0.25) is 0 Å². The van der Waals surface area contributed by atoms with E-state index in [1.54, 1.807) is 0 Å². The molecule has 6 nitrogen and oxygen atoms in total. The van der Waals surface area contributed by atoms with Gasteiger partial charge in [-0.05, 0) is 26.3 Å². The average molecular weight is 419 g/mol. The number of piperazine rings is 1. The van der Waals surface area contributed by atoms with Crippen molar-refractivity contribution < 1.29 is 9.59 Å². The molecule has 1 atom stereocenters. The van der Waals surface area contributed by atoms with Crippen LogP contribution >= 0.6 is 24.8 Å². The van der Waals surface area contributed by atoms with E-state index in [4.69, 9.17) is 5.73 Å². The highest BCUT2D eigenvalue weighted by atomic mass is 35.5. The summed E-state index contributed by atoms with van der Waals surface area (Å²) >= 11 is 0. The summed E-state index contributed by atoms with van der Waals surface area (Å²) in [5.74, 6) is 0.111. The number of carbonyl (C=O) groups is 2. The first-order chi connectivity index (χ1) is 12.0. The Morgan fingerprint density at radius 1 is 1.04 bits per heavy atom. The molecule has 2 N–H and O–H groups in total. The van der Waals surface area contributed by atoms with Crippen LogP contribution in [0.3, 0.4) is 0 Å². The van der Waals surface area contributed by atoms with Gasteiger partial charge in [-0.25, -0.2) is 0 Å². The van der Waals surface area contributed by atoms with Crippen molar-refractivity contribution in [2.24, 2.45) is 5.73 Å². The average Bonchev–Trinajstić information content (AvgIpc) is 2.63. The number of aryl methyl sites for hydroxylation is 1. The maximum atomic E-state index is 12.6. The summed E-state index contributed by atoms with van der Waals surface area (Å²) in [6.07, 6.45) is 0. The molecule has 1 aliphatic heterocycles. The van der Waals surface area contributed by atoms with Gasteiger partial charge in [-0.3, -0.25) is 14.5 Å². The lowest BCUT2D eigenvalue weighted by Gasteiger charge is -2.36. The Labute approximate surface area is 174 Å². The molecule has 1 heterocycles. The number of hydrogen-bond acceptors (Lipinski definition) is 4. The van der Waals surface area contributed by atoms with Crippen molar-refractivity contribution >= 4 is 36.6 Å². The maximum Gasteiger partial charge on any atom is 0.244 e. The van der Waals surface area contributed by atoms with Crippen molar-refractivity contribution in [3.8, 4) is 0 Å². The topological polar surface area (TPSA) is 69.9 Å². The first-order valence-corrected chi connectivity index (χ1v) is 9.07. The molecule has 0 bridgehead atoms. The van der Waals surface area contributed by atoms with Crippen molar-refractivity contribution in [2.45, 2.75) is 26.8 Å². The van der Waals surface area contributed by atoms with Crippen LogP contribution in [-0.2, 0) is 9.59 Å². The minimum absolute atomic E-state index is 0. The largest absolute Gasteiger partial charge is 0.342 e. The first-order valence-electron chi connectivity index (χ1n) is 9.07. The summed E-state index contributed by atoms with van der Waals surface area (Å²) in [7, 11) is 0. The number of hydrogen-bond donors (Lipinski definition) is 1. The summed E-state index contributed by atoms with van der Waals surface area (Å²) < 4.78 is 0. The highest BCUT2D eigenvalue weighted by Crippen LogP contribution is 2.15. The fraction of sp³-hybridized carbons (Fsp3) is 0.579. The van der Waals surface area contributed by atoms with Gasteiger partial charge < -0.3 is 15.5 Å². The van der Waals surface area contributed by atoms with Gasteiger partial charge in [0.05, 0.1) is 6.54 Å². The van der Waals surface area contributed by atoms with Crippen LogP contribution < -0.4 is 5.73 Å². The molecule has 0 radical (unpaired) electrons. The predicted molar refractivity (Wildman–Crippen MR) is 114 cm³/mol. The lowest BCUT2D eigenvalue weighted by Crippen LogP contribution is -2.53. The Morgan fingerprint density at radius 3 is 2.04 bits per heavy atom. The van der Waals surface area contributed by atoms with Crippen LogP contribution in [0.5, 0.6) is 0 Å². The Balaban J connectivity index is 0.00000338. The molecule has 1 aliphatic rings. The summed E-state index contributed by atoms with van der Waals surface area (Å²) in [5, 5.41) is 0. The Morgan fingerprint density at radius 2 is 1.56 bits per heavy atom. The molecule has 154 valence electrons. The van der Waals surface area contributed by atoms with Crippen molar-refractivity contribution in [3.63, 3.8) is 0 Å². The lowest BCUT2D eigenvalue weighted by atomic mass is 10.0. The number of likely N-dealkylation sites (N-methyl/N-ethyl adjacent to an activating group) is 1. The molecule has 1 aromatic rings. The fourth-order valence-corrected chi connectivity index (χ4v) is 3.11. The third-order valence-corrected chi connectivity index (χ3v) is 4.86. The first kappa shape index (κ1) is 25.7. The minimum Gasteiger partial charge on any atom is -0.342 e. The van der Waals surface area contributed by atoms with E-state index in [1.165, 1.54) is 0 Å². The molecule has 0 saturated carbocycles.